The van der Waals surface area contributed by atoms with Crippen LogP contribution in [-0.4, -0.2) is 31.3 Å². The van der Waals surface area contributed by atoms with Crippen molar-refractivity contribution in [2.45, 2.75) is 6.54 Å². The largest absolute Gasteiger partial charge is 0.455 e. The van der Waals surface area contributed by atoms with Crippen LogP contribution in [0, 0.1) is 5.82 Å². The van der Waals surface area contributed by atoms with E-state index in [-0.39, 0.29) is 11.6 Å². The first kappa shape index (κ1) is 16.0. The van der Waals surface area contributed by atoms with Crippen molar-refractivity contribution in [3.8, 4) is 11.3 Å². The van der Waals surface area contributed by atoms with Crippen LogP contribution in [0.5, 0.6) is 0 Å². The highest BCUT2D eigenvalue weighted by Crippen LogP contribution is 2.26. The number of hydrogen-bond donors (Lipinski definition) is 3. The van der Waals surface area contributed by atoms with Crippen LogP contribution in [0.15, 0.2) is 34.7 Å². The van der Waals surface area contributed by atoms with E-state index in [4.69, 9.17) is 21.1 Å². The summed E-state index contributed by atoms with van der Waals surface area (Å²) in [5.74, 6) is 1.12. The number of hydrogen-bond acceptors (Lipinski definition) is 2. The molecule has 0 bridgehead atoms. The first-order valence-corrected chi connectivity index (χ1v) is 7.37. The molecule has 2 aromatic rings. The number of aliphatic hydroxyl groups is 1. The first-order chi connectivity index (χ1) is 10.2. The van der Waals surface area contributed by atoms with Gasteiger partial charge < -0.3 is 20.2 Å². The standard InChI is InChI=1S/C15H18ClFN2O2/c16-13-9-11(1-3-14(13)17)15-4-2-12(21-15)10-19-6-5-18-7-8-20/h1-4,9,18-20H,5-8,10H2/p+2. The van der Waals surface area contributed by atoms with Crippen molar-refractivity contribution in [2.24, 2.45) is 0 Å². The molecule has 1 heterocycles. The van der Waals surface area contributed by atoms with Gasteiger partial charge in [-0.05, 0) is 30.3 Å². The molecular formula is C15H20ClFN2O2+2. The molecule has 21 heavy (non-hydrogen) atoms. The van der Waals surface area contributed by atoms with E-state index in [1.165, 1.54) is 6.07 Å². The molecule has 1 aromatic heterocycles. The van der Waals surface area contributed by atoms with Gasteiger partial charge in [0.05, 0.1) is 18.2 Å². The van der Waals surface area contributed by atoms with Crippen molar-refractivity contribution in [1.29, 1.82) is 0 Å². The Morgan fingerprint density at radius 2 is 1.90 bits per heavy atom. The van der Waals surface area contributed by atoms with Crippen molar-refractivity contribution in [2.75, 3.05) is 26.2 Å². The summed E-state index contributed by atoms with van der Waals surface area (Å²) in [5.41, 5.74) is 0.768. The van der Waals surface area contributed by atoms with E-state index in [0.29, 0.717) is 5.76 Å². The average molecular weight is 315 g/mol. The lowest BCUT2D eigenvalue weighted by Gasteiger charge is -2.00. The summed E-state index contributed by atoms with van der Waals surface area (Å²) in [6.07, 6.45) is 0. The number of rotatable bonds is 8. The zero-order valence-corrected chi connectivity index (χ0v) is 12.4. The fourth-order valence-electron chi connectivity index (χ4n) is 2.01. The number of aliphatic hydroxyl groups excluding tert-OH is 1. The Balaban J connectivity index is 1.85. The summed E-state index contributed by atoms with van der Waals surface area (Å²) in [4.78, 5) is 0. The summed E-state index contributed by atoms with van der Waals surface area (Å²) in [7, 11) is 0. The minimum atomic E-state index is -0.431. The zero-order valence-electron chi connectivity index (χ0n) is 11.7. The van der Waals surface area contributed by atoms with Gasteiger partial charge in [0, 0.05) is 5.56 Å². The molecule has 0 fully saturated rings. The minimum Gasteiger partial charge on any atom is -0.455 e. The fraction of sp³-hybridized carbons (Fsp3) is 0.333. The average Bonchev–Trinajstić information content (AvgIpc) is 2.94. The van der Waals surface area contributed by atoms with Gasteiger partial charge in [-0.3, -0.25) is 0 Å². The van der Waals surface area contributed by atoms with Crippen molar-refractivity contribution in [3.63, 3.8) is 0 Å². The highest BCUT2D eigenvalue weighted by molar-refractivity contribution is 6.31. The third kappa shape index (κ3) is 4.82. The predicted molar refractivity (Wildman–Crippen MR) is 78.4 cm³/mol. The molecule has 5 N–H and O–H groups in total. The van der Waals surface area contributed by atoms with Crippen LogP contribution in [0.3, 0.4) is 0 Å². The Morgan fingerprint density at radius 1 is 1.10 bits per heavy atom. The van der Waals surface area contributed by atoms with Crippen molar-refractivity contribution < 1.29 is 24.5 Å². The normalized spacial score (nSPS) is 11.0. The van der Waals surface area contributed by atoms with E-state index < -0.39 is 5.82 Å². The number of quaternary nitrogens is 2. The van der Waals surface area contributed by atoms with Crippen molar-refractivity contribution >= 4 is 11.6 Å². The Bertz CT molecular complexity index is 575. The maximum absolute atomic E-state index is 13.1. The lowest BCUT2D eigenvalue weighted by molar-refractivity contribution is -0.732. The smallest absolute Gasteiger partial charge is 0.158 e. The first-order valence-electron chi connectivity index (χ1n) is 6.99. The number of furan rings is 1. The number of halogens is 2. The van der Waals surface area contributed by atoms with Crippen LogP contribution in [-0.2, 0) is 6.54 Å². The molecule has 0 unspecified atom stereocenters. The Labute approximate surface area is 127 Å². The zero-order chi connectivity index (χ0) is 15.1. The summed E-state index contributed by atoms with van der Waals surface area (Å²) in [6, 6.07) is 8.33. The van der Waals surface area contributed by atoms with Crippen LogP contribution < -0.4 is 10.6 Å². The quantitative estimate of drug-likeness (QED) is 0.616. The molecule has 0 spiro atoms. The second-order valence-corrected chi connectivity index (χ2v) is 5.17. The SMILES string of the molecule is OCC[NH2+]CC[NH2+]Cc1ccc(-c2ccc(F)c(Cl)c2)o1. The molecule has 0 atom stereocenters. The topological polar surface area (TPSA) is 66.6 Å². The van der Waals surface area contributed by atoms with Crippen LogP contribution in [0.25, 0.3) is 11.3 Å². The molecule has 4 nitrogen and oxygen atoms in total. The summed E-state index contributed by atoms with van der Waals surface area (Å²) in [6.45, 7) is 3.62. The van der Waals surface area contributed by atoms with Crippen molar-refractivity contribution in [1.82, 2.24) is 0 Å². The van der Waals surface area contributed by atoms with E-state index in [1.807, 2.05) is 12.1 Å². The van der Waals surface area contributed by atoms with Crippen LogP contribution in [0.4, 0.5) is 4.39 Å². The Hall–Kier alpha value is -1.40. The highest BCUT2D eigenvalue weighted by Gasteiger charge is 2.08. The predicted octanol–water partition coefficient (Wildman–Crippen LogP) is 0.358. The second kappa shape index (κ2) is 8.14. The Kier molecular flexibility index (Phi) is 6.20. The van der Waals surface area contributed by atoms with Gasteiger partial charge in [0.2, 0.25) is 0 Å². The maximum atomic E-state index is 13.1. The number of nitrogens with two attached hydrogens (primary N) is 2. The van der Waals surface area contributed by atoms with E-state index in [0.717, 1.165) is 37.5 Å². The van der Waals surface area contributed by atoms with Crippen LogP contribution in [0.2, 0.25) is 5.02 Å². The van der Waals surface area contributed by atoms with Crippen molar-refractivity contribution in [3.05, 3.63) is 46.9 Å². The summed E-state index contributed by atoms with van der Waals surface area (Å²) in [5, 5.41) is 13.0. The van der Waals surface area contributed by atoms with E-state index in [9.17, 15) is 4.39 Å². The third-order valence-electron chi connectivity index (χ3n) is 3.12. The number of benzene rings is 1. The molecule has 0 aliphatic rings. The van der Waals surface area contributed by atoms with E-state index >= 15 is 0 Å². The van der Waals surface area contributed by atoms with Gasteiger partial charge >= 0.3 is 0 Å². The van der Waals surface area contributed by atoms with Gasteiger partial charge in [0.15, 0.2) is 5.76 Å². The molecule has 2 rings (SSSR count). The molecule has 0 aliphatic carbocycles. The minimum absolute atomic E-state index is 0.0939. The van der Waals surface area contributed by atoms with E-state index in [1.54, 1.807) is 12.1 Å². The molecule has 0 amide bonds. The van der Waals surface area contributed by atoms with Gasteiger partial charge in [-0.1, -0.05) is 11.6 Å². The van der Waals surface area contributed by atoms with E-state index in [2.05, 4.69) is 10.6 Å². The lowest BCUT2D eigenvalue weighted by atomic mass is 10.2. The molecule has 0 aliphatic heterocycles. The van der Waals surface area contributed by atoms with Gasteiger partial charge in [-0.15, -0.1) is 0 Å². The van der Waals surface area contributed by atoms with Crippen LogP contribution >= 0.6 is 11.6 Å². The highest BCUT2D eigenvalue weighted by atomic mass is 35.5. The fourth-order valence-corrected chi connectivity index (χ4v) is 2.19. The summed E-state index contributed by atoms with van der Waals surface area (Å²) >= 11 is 5.77. The third-order valence-corrected chi connectivity index (χ3v) is 3.41. The van der Waals surface area contributed by atoms with Gasteiger partial charge in [-0.2, -0.15) is 0 Å². The van der Waals surface area contributed by atoms with Gasteiger partial charge in [0.1, 0.15) is 31.2 Å². The second-order valence-electron chi connectivity index (χ2n) is 4.77. The lowest BCUT2D eigenvalue weighted by Crippen LogP contribution is -2.94. The molecule has 1 aromatic carbocycles. The molecular weight excluding hydrogens is 295 g/mol. The van der Waals surface area contributed by atoms with Crippen LogP contribution in [0.1, 0.15) is 5.76 Å². The molecule has 6 heteroatoms. The van der Waals surface area contributed by atoms with Gasteiger partial charge in [-0.25, -0.2) is 4.39 Å². The summed E-state index contributed by atoms with van der Waals surface area (Å²) < 4.78 is 18.9. The molecule has 0 radical (unpaired) electrons. The molecule has 114 valence electrons. The molecule has 0 saturated carbocycles. The van der Waals surface area contributed by atoms with Gasteiger partial charge in [0.25, 0.3) is 0 Å². The maximum Gasteiger partial charge on any atom is 0.158 e. The Morgan fingerprint density at radius 3 is 2.67 bits per heavy atom. The monoisotopic (exact) mass is 314 g/mol. The molecule has 0 saturated heterocycles.